The Hall–Kier alpha value is -1.56. The van der Waals surface area contributed by atoms with Gasteiger partial charge in [0.2, 0.25) is 0 Å². The summed E-state index contributed by atoms with van der Waals surface area (Å²) >= 11 is 4.94. The number of aliphatic imine (C=N–C) groups is 1. The highest BCUT2D eigenvalue weighted by Gasteiger charge is 2.19. The van der Waals surface area contributed by atoms with Crippen LogP contribution in [-0.2, 0) is 0 Å². The second kappa shape index (κ2) is 3.30. The van der Waals surface area contributed by atoms with Crippen molar-refractivity contribution in [2.45, 2.75) is 13.1 Å². The smallest absolute Gasteiger partial charge is 0.197 e. The van der Waals surface area contributed by atoms with Crippen LogP contribution >= 0.6 is 12.2 Å². The first-order valence-corrected chi connectivity index (χ1v) is 4.53. The van der Waals surface area contributed by atoms with E-state index < -0.39 is 0 Å². The Morgan fingerprint density at radius 3 is 2.93 bits per heavy atom. The van der Waals surface area contributed by atoms with Crippen LogP contribution in [0.4, 0.5) is 0 Å². The van der Waals surface area contributed by atoms with E-state index in [4.69, 9.17) is 22.4 Å². The van der Waals surface area contributed by atoms with E-state index in [1.807, 2.05) is 19.1 Å². The highest BCUT2D eigenvalue weighted by Crippen LogP contribution is 2.18. The standard InChI is InChI=1S/C8H10N4OS/c1-4-2-3-5(13-4)6-10-7(9)12-8(14)11-6/h2-3,6H,1H3,(H4,9,10,11,12,14). The summed E-state index contributed by atoms with van der Waals surface area (Å²) in [5, 5.41) is 6.08. The van der Waals surface area contributed by atoms with Crippen molar-refractivity contribution >= 4 is 23.3 Å². The van der Waals surface area contributed by atoms with Crippen molar-refractivity contribution in [2.24, 2.45) is 10.7 Å². The number of hydrogen-bond acceptors (Lipinski definition) is 4. The third-order valence-corrected chi connectivity index (χ3v) is 2.03. The van der Waals surface area contributed by atoms with Crippen molar-refractivity contribution in [3.8, 4) is 0 Å². The first kappa shape index (κ1) is 9.01. The van der Waals surface area contributed by atoms with Gasteiger partial charge in [0, 0.05) is 0 Å². The van der Waals surface area contributed by atoms with Gasteiger partial charge in [0.1, 0.15) is 11.5 Å². The Kier molecular flexibility index (Phi) is 2.12. The topological polar surface area (TPSA) is 75.6 Å². The zero-order valence-corrected chi connectivity index (χ0v) is 8.39. The molecule has 4 N–H and O–H groups in total. The Balaban J connectivity index is 2.27. The number of nitrogens with two attached hydrogens (primary N) is 1. The summed E-state index contributed by atoms with van der Waals surface area (Å²) in [5.41, 5.74) is 5.53. The van der Waals surface area contributed by atoms with Gasteiger partial charge in [-0.3, -0.25) is 0 Å². The maximum absolute atomic E-state index is 5.53. The monoisotopic (exact) mass is 210 g/mol. The van der Waals surface area contributed by atoms with Crippen molar-refractivity contribution in [1.82, 2.24) is 10.6 Å². The Bertz CT molecular complexity index is 398. The Labute approximate surface area is 86.4 Å². The second-order valence-corrected chi connectivity index (χ2v) is 3.37. The molecule has 0 saturated carbocycles. The molecule has 0 saturated heterocycles. The molecule has 14 heavy (non-hydrogen) atoms. The fourth-order valence-electron chi connectivity index (χ4n) is 1.22. The van der Waals surface area contributed by atoms with Gasteiger partial charge >= 0.3 is 0 Å². The van der Waals surface area contributed by atoms with Gasteiger partial charge in [0.25, 0.3) is 0 Å². The van der Waals surface area contributed by atoms with E-state index in [2.05, 4.69) is 15.6 Å². The lowest BCUT2D eigenvalue weighted by Crippen LogP contribution is -2.49. The number of hydrogen-bond donors (Lipinski definition) is 3. The van der Waals surface area contributed by atoms with Crippen LogP contribution in [0.3, 0.4) is 0 Å². The number of furan rings is 1. The second-order valence-electron chi connectivity index (χ2n) is 2.96. The van der Waals surface area contributed by atoms with Crippen LogP contribution < -0.4 is 16.4 Å². The van der Waals surface area contributed by atoms with Gasteiger partial charge in [-0.2, -0.15) is 0 Å². The van der Waals surface area contributed by atoms with Crippen LogP contribution in [-0.4, -0.2) is 11.1 Å². The molecule has 1 atom stereocenters. The molecule has 1 aliphatic heterocycles. The fourth-order valence-corrected chi connectivity index (χ4v) is 1.43. The molecule has 0 amide bonds. The molecule has 0 aliphatic carbocycles. The number of rotatable bonds is 1. The summed E-state index contributed by atoms with van der Waals surface area (Å²) in [6.45, 7) is 1.87. The number of guanidine groups is 1. The predicted octanol–water partition coefficient (Wildman–Crippen LogP) is 0.379. The molecular weight excluding hydrogens is 200 g/mol. The van der Waals surface area contributed by atoms with Crippen LogP contribution in [0.15, 0.2) is 21.5 Å². The van der Waals surface area contributed by atoms with Gasteiger partial charge in [0.05, 0.1) is 0 Å². The fraction of sp³-hybridized carbons (Fsp3) is 0.250. The molecule has 1 aliphatic rings. The summed E-state index contributed by atoms with van der Waals surface area (Å²) in [4.78, 5) is 4.11. The van der Waals surface area contributed by atoms with Crippen LogP contribution in [0.1, 0.15) is 17.7 Å². The number of thiocarbonyl (C=S) groups is 1. The summed E-state index contributed by atoms with van der Waals surface area (Å²) in [6, 6.07) is 3.71. The summed E-state index contributed by atoms with van der Waals surface area (Å²) in [7, 11) is 0. The normalized spacial score (nSPS) is 21.1. The zero-order chi connectivity index (χ0) is 10.1. The number of aryl methyl sites for hydroxylation is 1. The molecule has 0 radical (unpaired) electrons. The molecule has 74 valence electrons. The molecule has 0 spiro atoms. The minimum absolute atomic E-state index is 0.299. The van der Waals surface area contributed by atoms with E-state index in [9.17, 15) is 0 Å². The molecule has 2 heterocycles. The Morgan fingerprint density at radius 2 is 2.36 bits per heavy atom. The first-order valence-electron chi connectivity index (χ1n) is 4.12. The van der Waals surface area contributed by atoms with Gasteiger partial charge in [0.15, 0.2) is 17.2 Å². The lowest BCUT2D eigenvalue weighted by atomic mass is 10.3. The summed E-state index contributed by atoms with van der Waals surface area (Å²) in [5.74, 6) is 1.84. The minimum atomic E-state index is -0.322. The lowest BCUT2D eigenvalue weighted by Gasteiger charge is -2.21. The van der Waals surface area contributed by atoms with Crippen molar-refractivity contribution in [2.75, 3.05) is 0 Å². The Morgan fingerprint density at radius 1 is 1.57 bits per heavy atom. The van der Waals surface area contributed by atoms with Crippen molar-refractivity contribution < 1.29 is 4.42 Å². The van der Waals surface area contributed by atoms with E-state index in [0.29, 0.717) is 16.8 Å². The van der Waals surface area contributed by atoms with Crippen LogP contribution in [0.25, 0.3) is 0 Å². The van der Waals surface area contributed by atoms with Gasteiger partial charge < -0.3 is 20.8 Å². The molecule has 0 bridgehead atoms. The molecule has 1 aromatic heterocycles. The predicted molar refractivity (Wildman–Crippen MR) is 56.7 cm³/mol. The van der Waals surface area contributed by atoms with Crippen molar-refractivity contribution in [1.29, 1.82) is 0 Å². The largest absolute Gasteiger partial charge is 0.462 e. The lowest BCUT2D eigenvalue weighted by molar-refractivity contribution is 0.433. The average Bonchev–Trinajstić information content (AvgIpc) is 2.50. The quantitative estimate of drug-likeness (QED) is 0.584. The van der Waals surface area contributed by atoms with Gasteiger partial charge in [-0.1, -0.05) is 0 Å². The summed E-state index contributed by atoms with van der Waals surface area (Å²) < 4.78 is 5.41. The van der Waals surface area contributed by atoms with E-state index in [-0.39, 0.29) is 6.17 Å². The van der Waals surface area contributed by atoms with E-state index >= 15 is 0 Å². The maximum atomic E-state index is 5.53. The number of nitrogens with one attached hydrogen (secondary N) is 2. The van der Waals surface area contributed by atoms with E-state index in [1.54, 1.807) is 0 Å². The average molecular weight is 210 g/mol. The van der Waals surface area contributed by atoms with Crippen LogP contribution in [0.2, 0.25) is 0 Å². The van der Waals surface area contributed by atoms with Crippen LogP contribution in [0, 0.1) is 6.92 Å². The highest BCUT2D eigenvalue weighted by molar-refractivity contribution is 7.80. The first-order chi connectivity index (χ1) is 6.65. The molecule has 0 aromatic carbocycles. The molecular formula is C8H10N4OS. The number of nitrogens with zero attached hydrogens (tertiary/aromatic N) is 1. The van der Waals surface area contributed by atoms with E-state index in [1.165, 1.54) is 0 Å². The zero-order valence-electron chi connectivity index (χ0n) is 7.57. The van der Waals surface area contributed by atoms with E-state index in [0.717, 1.165) is 5.76 Å². The highest BCUT2D eigenvalue weighted by atomic mass is 32.1. The van der Waals surface area contributed by atoms with Crippen molar-refractivity contribution in [3.05, 3.63) is 23.7 Å². The molecule has 1 unspecified atom stereocenters. The maximum Gasteiger partial charge on any atom is 0.197 e. The van der Waals surface area contributed by atoms with Crippen molar-refractivity contribution in [3.63, 3.8) is 0 Å². The van der Waals surface area contributed by atoms with Crippen LogP contribution in [0.5, 0.6) is 0 Å². The molecule has 0 fully saturated rings. The molecule has 1 aromatic rings. The summed E-state index contributed by atoms with van der Waals surface area (Å²) in [6.07, 6.45) is -0.322. The van der Waals surface area contributed by atoms with Gasteiger partial charge in [-0.25, -0.2) is 4.99 Å². The third kappa shape index (κ3) is 1.69. The SMILES string of the molecule is Cc1ccc(C2N=C(N)NC(=S)N2)o1. The van der Waals surface area contributed by atoms with Gasteiger partial charge in [-0.05, 0) is 31.3 Å². The molecule has 5 nitrogen and oxygen atoms in total. The van der Waals surface area contributed by atoms with Gasteiger partial charge in [-0.15, -0.1) is 0 Å². The minimum Gasteiger partial charge on any atom is -0.462 e. The third-order valence-electron chi connectivity index (χ3n) is 1.81. The molecule has 2 rings (SSSR count). The molecule has 6 heteroatoms.